The van der Waals surface area contributed by atoms with E-state index >= 15 is 0 Å². The largest absolute Gasteiger partial charge is 0.352 e. The number of nitrogens with zero attached hydrogens (tertiary/aromatic N) is 2. The van der Waals surface area contributed by atoms with Crippen molar-refractivity contribution >= 4 is 11.8 Å². The second kappa shape index (κ2) is 10.0. The first-order valence-corrected chi connectivity index (χ1v) is 8.85. The number of amides is 2. The fourth-order valence-electron chi connectivity index (χ4n) is 2.86. The summed E-state index contributed by atoms with van der Waals surface area (Å²) in [4.78, 5) is 28.3. The predicted molar refractivity (Wildman–Crippen MR) is 98.9 cm³/mol. The minimum absolute atomic E-state index is 0.0107. The van der Waals surface area contributed by atoms with E-state index in [0.717, 1.165) is 31.7 Å². The third-order valence-electron chi connectivity index (χ3n) is 4.52. The Labute approximate surface area is 154 Å². The van der Waals surface area contributed by atoms with Gasteiger partial charge >= 0.3 is 0 Å². The van der Waals surface area contributed by atoms with E-state index in [2.05, 4.69) is 27.0 Å². The van der Waals surface area contributed by atoms with E-state index in [1.54, 1.807) is 18.2 Å². The molecule has 1 saturated heterocycles. The quantitative estimate of drug-likeness (QED) is 0.670. The van der Waals surface area contributed by atoms with Gasteiger partial charge in [-0.05, 0) is 24.6 Å². The van der Waals surface area contributed by atoms with Gasteiger partial charge in [0.05, 0.1) is 12.6 Å². The molecule has 7 heteroatoms. The van der Waals surface area contributed by atoms with Crippen LogP contribution in [0.4, 0.5) is 4.39 Å². The highest BCUT2D eigenvalue weighted by atomic mass is 19.1. The SMILES string of the molecule is C=CCNC(=O)CN1CCN(C(C)C(=O)NCc2ccc(F)cc2)CC1. The number of hydrogen-bond acceptors (Lipinski definition) is 4. The number of carbonyl (C=O) groups excluding carboxylic acids is 2. The lowest BCUT2D eigenvalue weighted by Gasteiger charge is -2.37. The Bertz CT molecular complexity index is 612. The molecule has 26 heavy (non-hydrogen) atoms. The van der Waals surface area contributed by atoms with Gasteiger partial charge in [-0.3, -0.25) is 19.4 Å². The summed E-state index contributed by atoms with van der Waals surface area (Å²) in [5.74, 6) is -0.348. The van der Waals surface area contributed by atoms with Crippen LogP contribution in [0.3, 0.4) is 0 Å². The molecular weight excluding hydrogens is 335 g/mol. The van der Waals surface area contributed by atoms with Gasteiger partial charge in [-0.25, -0.2) is 4.39 Å². The Morgan fingerprint density at radius 3 is 2.46 bits per heavy atom. The van der Waals surface area contributed by atoms with E-state index in [-0.39, 0.29) is 23.7 Å². The van der Waals surface area contributed by atoms with Gasteiger partial charge in [0.1, 0.15) is 5.82 Å². The molecule has 142 valence electrons. The molecule has 1 unspecified atom stereocenters. The number of piperazine rings is 1. The van der Waals surface area contributed by atoms with Crippen molar-refractivity contribution < 1.29 is 14.0 Å². The van der Waals surface area contributed by atoms with E-state index < -0.39 is 0 Å². The van der Waals surface area contributed by atoms with Crippen molar-refractivity contribution in [2.75, 3.05) is 39.3 Å². The average Bonchev–Trinajstić information content (AvgIpc) is 2.65. The molecule has 2 N–H and O–H groups in total. The molecule has 1 aromatic rings. The maximum absolute atomic E-state index is 12.9. The average molecular weight is 362 g/mol. The molecule has 2 rings (SSSR count). The molecule has 0 aromatic heterocycles. The van der Waals surface area contributed by atoms with Crippen molar-refractivity contribution in [3.63, 3.8) is 0 Å². The lowest BCUT2D eigenvalue weighted by atomic mass is 10.2. The van der Waals surface area contributed by atoms with Crippen LogP contribution in [0.25, 0.3) is 0 Å². The van der Waals surface area contributed by atoms with Gasteiger partial charge < -0.3 is 10.6 Å². The number of rotatable bonds is 8. The van der Waals surface area contributed by atoms with Crippen molar-refractivity contribution in [1.29, 1.82) is 0 Å². The molecule has 1 aromatic carbocycles. The number of benzene rings is 1. The van der Waals surface area contributed by atoms with Crippen molar-refractivity contribution in [3.05, 3.63) is 48.3 Å². The number of halogens is 1. The maximum Gasteiger partial charge on any atom is 0.237 e. The molecule has 0 radical (unpaired) electrons. The molecule has 1 aliphatic rings. The van der Waals surface area contributed by atoms with Crippen LogP contribution in [0.2, 0.25) is 0 Å². The second-order valence-corrected chi connectivity index (χ2v) is 6.43. The fraction of sp³-hybridized carbons (Fsp3) is 0.474. The Hall–Kier alpha value is -2.25. The molecule has 0 saturated carbocycles. The van der Waals surface area contributed by atoms with Gasteiger partial charge in [0.25, 0.3) is 0 Å². The van der Waals surface area contributed by atoms with Crippen LogP contribution in [0, 0.1) is 5.82 Å². The molecule has 6 nitrogen and oxygen atoms in total. The zero-order valence-corrected chi connectivity index (χ0v) is 15.2. The Kier molecular flexibility index (Phi) is 7.74. The molecule has 0 spiro atoms. The van der Waals surface area contributed by atoms with E-state index in [4.69, 9.17) is 0 Å². The van der Waals surface area contributed by atoms with Crippen LogP contribution >= 0.6 is 0 Å². The van der Waals surface area contributed by atoms with E-state index in [1.807, 2.05) is 6.92 Å². The summed E-state index contributed by atoms with van der Waals surface area (Å²) in [5.41, 5.74) is 0.863. The summed E-state index contributed by atoms with van der Waals surface area (Å²) < 4.78 is 12.9. The standard InChI is InChI=1S/C19H27FN4O2/c1-3-8-21-18(25)14-23-9-11-24(12-10-23)15(2)19(26)22-13-16-4-6-17(20)7-5-16/h3-7,15H,1,8-14H2,2H3,(H,21,25)(H,22,26). The predicted octanol–water partition coefficient (Wildman–Crippen LogP) is 0.750. The monoisotopic (exact) mass is 362 g/mol. The summed E-state index contributed by atoms with van der Waals surface area (Å²) >= 11 is 0. The van der Waals surface area contributed by atoms with Crippen molar-refractivity contribution in [2.45, 2.75) is 19.5 Å². The molecular formula is C19H27FN4O2. The molecule has 1 heterocycles. The highest BCUT2D eigenvalue weighted by molar-refractivity contribution is 5.81. The van der Waals surface area contributed by atoms with Crippen LogP contribution < -0.4 is 10.6 Å². The molecule has 1 aliphatic heterocycles. The van der Waals surface area contributed by atoms with Gasteiger partial charge in [0.2, 0.25) is 11.8 Å². The fourth-order valence-corrected chi connectivity index (χ4v) is 2.86. The van der Waals surface area contributed by atoms with Gasteiger partial charge in [-0.15, -0.1) is 6.58 Å². The molecule has 1 atom stereocenters. The Balaban J connectivity index is 1.72. The Morgan fingerprint density at radius 1 is 1.19 bits per heavy atom. The normalized spacial score (nSPS) is 16.7. The van der Waals surface area contributed by atoms with Crippen LogP contribution in [0.1, 0.15) is 12.5 Å². The summed E-state index contributed by atoms with van der Waals surface area (Å²) in [7, 11) is 0. The summed E-state index contributed by atoms with van der Waals surface area (Å²) in [5, 5.41) is 5.66. The van der Waals surface area contributed by atoms with Crippen LogP contribution in [-0.2, 0) is 16.1 Å². The third-order valence-corrected chi connectivity index (χ3v) is 4.52. The lowest BCUT2D eigenvalue weighted by Crippen LogP contribution is -2.55. The van der Waals surface area contributed by atoms with Crippen LogP contribution in [-0.4, -0.2) is 66.9 Å². The maximum atomic E-state index is 12.9. The first-order chi connectivity index (χ1) is 12.5. The lowest BCUT2D eigenvalue weighted by molar-refractivity contribution is -0.128. The molecule has 2 amide bonds. The van der Waals surface area contributed by atoms with Crippen LogP contribution in [0.5, 0.6) is 0 Å². The smallest absolute Gasteiger partial charge is 0.237 e. The van der Waals surface area contributed by atoms with Crippen LogP contribution in [0.15, 0.2) is 36.9 Å². The first kappa shape index (κ1) is 20.1. The minimum Gasteiger partial charge on any atom is -0.352 e. The molecule has 1 fully saturated rings. The number of carbonyl (C=O) groups is 2. The zero-order chi connectivity index (χ0) is 18.9. The van der Waals surface area contributed by atoms with Crippen molar-refractivity contribution in [2.24, 2.45) is 0 Å². The van der Waals surface area contributed by atoms with Gasteiger partial charge in [0, 0.05) is 39.3 Å². The van der Waals surface area contributed by atoms with Crippen molar-refractivity contribution in [1.82, 2.24) is 20.4 Å². The van der Waals surface area contributed by atoms with Crippen molar-refractivity contribution in [3.8, 4) is 0 Å². The highest BCUT2D eigenvalue weighted by Crippen LogP contribution is 2.07. The highest BCUT2D eigenvalue weighted by Gasteiger charge is 2.26. The van der Waals surface area contributed by atoms with E-state index in [1.165, 1.54) is 12.1 Å². The topological polar surface area (TPSA) is 64.7 Å². The summed E-state index contributed by atoms with van der Waals surface area (Å²) in [6.45, 7) is 9.65. The summed E-state index contributed by atoms with van der Waals surface area (Å²) in [6, 6.07) is 5.85. The van der Waals surface area contributed by atoms with Gasteiger partial charge in [-0.2, -0.15) is 0 Å². The van der Waals surface area contributed by atoms with E-state index in [0.29, 0.717) is 19.6 Å². The Morgan fingerprint density at radius 2 is 1.85 bits per heavy atom. The third kappa shape index (κ3) is 6.24. The number of hydrogen-bond donors (Lipinski definition) is 2. The molecule has 0 aliphatic carbocycles. The molecule has 0 bridgehead atoms. The van der Waals surface area contributed by atoms with E-state index in [9.17, 15) is 14.0 Å². The second-order valence-electron chi connectivity index (χ2n) is 6.43. The first-order valence-electron chi connectivity index (χ1n) is 8.85. The number of nitrogens with one attached hydrogen (secondary N) is 2. The van der Waals surface area contributed by atoms with Gasteiger partial charge in [0.15, 0.2) is 0 Å². The minimum atomic E-state index is -0.288. The zero-order valence-electron chi connectivity index (χ0n) is 15.2. The summed E-state index contributed by atoms with van der Waals surface area (Å²) in [6.07, 6.45) is 1.65. The van der Waals surface area contributed by atoms with Gasteiger partial charge in [-0.1, -0.05) is 18.2 Å².